The van der Waals surface area contributed by atoms with E-state index in [0.29, 0.717) is 39.0 Å². The molecular weight excluding hydrogens is 462 g/mol. The summed E-state index contributed by atoms with van der Waals surface area (Å²) in [5.41, 5.74) is 1.70. The van der Waals surface area contributed by atoms with Crippen molar-refractivity contribution >= 4 is 43.4 Å². The molecule has 1 saturated carbocycles. The number of sulfonamides is 1. The lowest BCUT2D eigenvalue weighted by Crippen LogP contribution is -2.41. The second-order valence-electron chi connectivity index (χ2n) is 8.65. The first-order valence-corrected chi connectivity index (χ1v) is 13.0. The molecule has 2 aromatic heterocycles. The Labute approximate surface area is 196 Å². The fourth-order valence-corrected chi connectivity index (χ4v) is 6.63. The van der Waals surface area contributed by atoms with Gasteiger partial charge in [-0.3, -0.25) is 4.79 Å². The zero-order valence-corrected chi connectivity index (χ0v) is 19.7. The summed E-state index contributed by atoms with van der Waals surface area (Å²) in [7, 11) is -3.52. The molecule has 0 radical (unpaired) electrons. The molecule has 9 heteroatoms. The number of benzene rings is 2. The predicted molar refractivity (Wildman–Crippen MR) is 129 cm³/mol. The second-order valence-corrected chi connectivity index (χ2v) is 10.8. The maximum Gasteiger partial charge on any atom is 0.264 e. The van der Waals surface area contributed by atoms with Crippen molar-refractivity contribution in [3.05, 3.63) is 75.2 Å². The van der Waals surface area contributed by atoms with Crippen LogP contribution in [-0.2, 0) is 15.8 Å². The minimum Gasteiger partial charge on any atom is -0.360 e. The summed E-state index contributed by atoms with van der Waals surface area (Å²) in [5.74, 6) is 0.376. The van der Waals surface area contributed by atoms with Gasteiger partial charge in [-0.1, -0.05) is 53.2 Å². The van der Waals surface area contributed by atoms with Gasteiger partial charge in [0.15, 0.2) is 0 Å². The molecule has 0 saturated heterocycles. The largest absolute Gasteiger partial charge is 0.360 e. The van der Waals surface area contributed by atoms with Crippen LogP contribution in [0.3, 0.4) is 0 Å². The minimum atomic E-state index is -3.52. The summed E-state index contributed by atoms with van der Waals surface area (Å²) in [6, 6.07) is 14.1. The van der Waals surface area contributed by atoms with Crippen LogP contribution in [0.4, 0.5) is 0 Å². The molecule has 2 atom stereocenters. The smallest absolute Gasteiger partial charge is 0.264 e. The lowest BCUT2D eigenvalue weighted by Gasteiger charge is -2.31. The van der Waals surface area contributed by atoms with Crippen molar-refractivity contribution in [2.75, 3.05) is 0 Å². The fraction of sp³-hybridized carbons (Fsp3) is 0.333. The molecule has 0 amide bonds. The van der Waals surface area contributed by atoms with Gasteiger partial charge in [0.05, 0.1) is 16.3 Å². The van der Waals surface area contributed by atoms with Crippen LogP contribution >= 0.6 is 11.6 Å². The molecule has 2 unspecified atom stereocenters. The summed E-state index contributed by atoms with van der Waals surface area (Å²) in [4.78, 5) is 13.5. The third-order valence-corrected chi connectivity index (χ3v) is 8.06. The first kappa shape index (κ1) is 22.1. The molecule has 0 spiro atoms. The number of nitrogens with one attached hydrogen (secondary N) is 1. The predicted octanol–water partition coefficient (Wildman–Crippen LogP) is 4.71. The number of hydrogen-bond donors (Lipinski definition) is 1. The van der Waals surface area contributed by atoms with Crippen LogP contribution in [0, 0.1) is 6.92 Å². The average molecular weight is 486 g/mol. The van der Waals surface area contributed by atoms with Crippen LogP contribution in [0.25, 0.3) is 21.8 Å². The number of rotatable bonds is 5. The fourth-order valence-electron chi connectivity index (χ4n) is 4.93. The summed E-state index contributed by atoms with van der Waals surface area (Å²) in [6.07, 6.45) is 2.82. The first-order chi connectivity index (χ1) is 15.8. The van der Waals surface area contributed by atoms with Crippen molar-refractivity contribution in [1.82, 2.24) is 14.4 Å². The Balaban J connectivity index is 1.50. The van der Waals surface area contributed by atoms with E-state index < -0.39 is 10.0 Å². The topological polar surface area (TPSA) is 94.2 Å². The molecule has 5 rings (SSSR count). The van der Waals surface area contributed by atoms with Gasteiger partial charge >= 0.3 is 0 Å². The number of aromatic nitrogens is 2. The molecule has 33 heavy (non-hydrogen) atoms. The lowest BCUT2D eigenvalue weighted by atomic mass is 9.91. The van der Waals surface area contributed by atoms with Crippen LogP contribution in [0.5, 0.6) is 0 Å². The Bertz CT molecular complexity index is 1500. The van der Waals surface area contributed by atoms with Gasteiger partial charge in [0.2, 0.25) is 10.0 Å². The van der Waals surface area contributed by atoms with E-state index in [0.717, 1.165) is 24.8 Å². The zero-order valence-electron chi connectivity index (χ0n) is 18.1. The molecule has 1 N–H and O–H groups in total. The van der Waals surface area contributed by atoms with Crippen molar-refractivity contribution in [1.29, 1.82) is 0 Å². The Morgan fingerprint density at radius 1 is 1.12 bits per heavy atom. The van der Waals surface area contributed by atoms with Crippen molar-refractivity contribution < 1.29 is 12.9 Å². The SMILES string of the molecule is Cc1onc2c1c(=O)n(C1CCCC(NS(=O)(=O)Cc3ccccc3)C1)c1cccc(Cl)c21. The van der Waals surface area contributed by atoms with E-state index in [2.05, 4.69) is 9.88 Å². The molecule has 2 aromatic carbocycles. The van der Waals surface area contributed by atoms with E-state index in [1.165, 1.54) is 0 Å². The number of aryl methyl sites for hydroxylation is 1. The van der Waals surface area contributed by atoms with Gasteiger partial charge in [0, 0.05) is 17.5 Å². The third-order valence-electron chi connectivity index (χ3n) is 6.34. The van der Waals surface area contributed by atoms with Crippen molar-refractivity contribution in [2.45, 2.75) is 50.4 Å². The highest BCUT2D eigenvalue weighted by Gasteiger charge is 2.30. The Morgan fingerprint density at radius 2 is 1.91 bits per heavy atom. The van der Waals surface area contributed by atoms with Crippen molar-refractivity contribution in [3.8, 4) is 0 Å². The molecule has 0 aliphatic heterocycles. The highest BCUT2D eigenvalue weighted by atomic mass is 35.5. The Kier molecular flexibility index (Phi) is 5.76. The standard InChI is InChI=1S/C24H24ClN3O4S/c1-15-21-23(26-32-15)22-19(25)11-6-12-20(22)28(24(21)29)18-10-5-9-17(13-18)27-33(30,31)14-16-7-3-2-4-8-16/h2-4,6-8,11-12,17-18,27H,5,9-10,13-14H2,1H3. The quantitative estimate of drug-likeness (QED) is 0.442. The van der Waals surface area contributed by atoms with E-state index in [-0.39, 0.29) is 23.4 Å². The maximum absolute atomic E-state index is 13.5. The van der Waals surface area contributed by atoms with Crippen molar-refractivity contribution in [3.63, 3.8) is 0 Å². The van der Waals surface area contributed by atoms with E-state index >= 15 is 0 Å². The van der Waals surface area contributed by atoms with E-state index in [1.807, 2.05) is 30.3 Å². The van der Waals surface area contributed by atoms with E-state index in [9.17, 15) is 13.2 Å². The normalized spacial score (nSPS) is 19.3. The number of nitrogens with zero attached hydrogens (tertiary/aromatic N) is 2. The van der Waals surface area contributed by atoms with Crippen LogP contribution in [-0.4, -0.2) is 24.2 Å². The molecule has 4 aromatic rings. The number of pyridine rings is 1. The van der Waals surface area contributed by atoms with Gasteiger partial charge in [-0.15, -0.1) is 0 Å². The molecule has 1 aliphatic carbocycles. The second kappa shape index (κ2) is 8.59. The molecule has 1 fully saturated rings. The van der Waals surface area contributed by atoms with Gasteiger partial charge < -0.3 is 9.09 Å². The van der Waals surface area contributed by atoms with Gasteiger partial charge in [-0.2, -0.15) is 0 Å². The maximum atomic E-state index is 13.5. The van der Waals surface area contributed by atoms with Crippen LogP contribution in [0.15, 0.2) is 57.8 Å². The molecule has 1 aliphatic rings. The Morgan fingerprint density at radius 3 is 2.70 bits per heavy atom. The minimum absolute atomic E-state index is 0.0701. The van der Waals surface area contributed by atoms with Crippen molar-refractivity contribution in [2.24, 2.45) is 0 Å². The molecule has 0 bridgehead atoms. The Hall–Kier alpha value is -2.68. The molecular formula is C24H24ClN3O4S. The summed E-state index contributed by atoms with van der Waals surface area (Å²) in [6.45, 7) is 1.71. The monoisotopic (exact) mass is 485 g/mol. The molecule has 172 valence electrons. The van der Waals surface area contributed by atoms with Gasteiger partial charge in [-0.05, 0) is 50.3 Å². The lowest BCUT2D eigenvalue weighted by molar-refractivity contribution is 0.307. The average Bonchev–Trinajstić information content (AvgIpc) is 3.16. The van der Waals surface area contributed by atoms with Gasteiger partial charge in [-0.25, -0.2) is 13.1 Å². The third kappa shape index (κ3) is 4.18. The number of halogens is 1. The molecule has 7 nitrogen and oxygen atoms in total. The van der Waals surface area contributed by atoms with Crippen LogP contribution in [0.2, 0.25) is 5.02 Å². The summed E-state index contributed by atoms with van der Waals surface area (Å²) < 4.78 is 35.6. The van der Waals surface area contributed by atoms with E-state index in [1.54, 1.807) is 29.7 Å². The summed E-state index contributed by atoms with van der Waals surface area (Å²) >= 11 is 6.51. The highest BCUT2D eigenvalue weighted by Crippen LogP contribution is 2.35. The highest BCUT2D eigenvalue weighted by molar-refractivity contribution is 7.88. The van der Waals surface area contributed by atoms with E-state index in [4.69, 9.17) is 16.1 Å². The van der Waals surface area contributed by atoms with Crippen LogP contribution < -0.4 is 10.3 Å². The zero-order chi connectivity index (χ0) is 23.2. The van der Waals surface area contributed by atoms with Gasteiger partial charge in [0.1, 0.15) is 16.7 Å². The summed E-state index contributed by atoms with van der Waals surface area (Å²) in [5, 5.41) is 5.69. The van der Waals surface area contributed by atoms with Crippen LogP contribution in [0.1, 0.15) is 43.0 Å². The number of hydrogen-bond acceptors (Lipinski definition) is 5. The number of fused-ring (bicyclic) bond motifs is 3. The van der Waals surface area contributed by atoms with Gasteiger partial charge in [0.25, 0.3) is 5.56 Å². The first-order valence-electron chi connectivity index (χ1n) is 11.0. The molecule has 2 heterocycles.